The number of sulfonamides is 1. The van der Waals surface area contributed by atoms with E-state index in [4.69, 9.17) is 0 Å². The molecule has 6 nitrogen and oxygen atoms in total. The smallest absolute Gasteiger partial charge is 0.268 e. The summed E-state index contributed by atoms with van der Waals surface area (Å²) in [6.07, 6.45) is 8.18. The van der Waals surface area contributed by atoms with Crippen molar-refractivity contribution in [2.75, 3.05) is 0 Å². The molecule has 4 rings (SSSR count). The first-order valence-corrected chi connectivity index (χ1v) is 12.1. The molecule has 0 aliphatic heterocycles. The van der Waals surface area contributed by atoms with Gasteiger partial charge in [0.25, 0.3) is 5.56 Å². The normalized spacial score (nSPS) is 17.4. The number of hydrogen-bond acceptors (Lipinski definition) is 4. The Balaban J connectivity index is 1.82. The fraction of sp³-hybridized carbons (Fsp3) is 0.545. The Hall–Kier alpha value is -1.99. The van der Waals surface area contributed by atoms with E-state index < -0.39 is 10.0 Å². The van der Waals surface area contributed by atoms with Crippen LogP contribution in [0.4, 0.5) is 0 Å². The molecule has 1 fully saturated rings. The Bertz CT molecular complexity index is 1080. The molecule has 0 spiro atoms. The van der Waals surface area contributed by atoms with Crippen LogP contribution in [-0.4, -0.2) is 24.2 Å². The monoisotopic (exact) mass is 415 g/mol. The van der Waals surface area contributed by atoms with Crippen LogP contribution in [0.25, 0.3) is 11.3 Å². The number of nitrogens with one attached hydrogen (secondary N) is 1. The lowest BCUT2D eigenvalue weighted by Crippen LogP contribution is -2.33. The van der Waals surface area contributed by atoms with E-state index in [9.17, 15) is 13.2 Å². The van der Waals surface area contributed by atoms with Crippen molar-refractivity contribution in [3.8, 4) is 11.3 Å². The molecule has 1 aromatic heterocycles. The first-order valence-electron chi connectivity index (χ1n) is 10.7. The van der Waals surface area contributed by atoms with Crippen molar-refractivity contribution >= 4 is 10.0 Å². The fourth-order valence-corrected chi connectivity index (χ4v) is 6.30. The maximum atomic E-state index is 13.2. The van der Waals surface area contributed by atoms with Crippen molar-refractivity contribution in [2.24, 2.45) is 7.05 Å². The van der Waals surface area contributed by atoms with E-state index in [0.29, 0.717) is 11.3 Å². The van der Waals surface area contributed by atoms with E-state index >= 15 is 0 Å². The van der Waals surface area contributed by atoms with Crippen LogP contribution < -0.4 is 10.3 Å². The molecule has 0 amide bonds. The molecule has 1 saturated carbocycles. The lowest BCUT2D eigenvalue weighted by molar-refractivity contribution is 0.551. The van der Waals surface area contributed by atoms with Crippen LogP contribution in [0.15, 0.2) is 27.9 Å². The molecular formula is C22H29N3O3S. The molecular weight excluding hydrogens is 386 g/mol. The van der Waals surface area contributed by atoms with Gasteiger partial charge in [-0.3, -0.25) is 4.79 Å². The van der Waals surface area contributed by atoms with Gasteiger partial charge in [0.15, 0.2) is 0 Å². The van der Waals surface area contributed by atoms with E-state index in [0.717, 1.165) is 79.3 Å². The van der Waals surface area contributed by atoms with E-state index in [1.165, 1.54) is 4.68 Å². The average molecular weight is 416 g/mol. The summed E-state index contributed by atoms with van der Waals surface area (Å²) in [5.41, 5.74) is 4.08. The first kappa shape index (κ1) is 20.3. The summed E-state index contributed by atoms with van der Waals surface area (Å²) in [6.45, 7) is 1.97. The Labute approximate surface area is 172 Å². The highest BCUT2D eigenvalue weighted by atomic mass is 32.2. The van der Waals surface area contributed by atoms with Crippen molar-refractivity contribution in [1.82, 2.24) is 14.5 Å². The maximum Gasteiger partial charge on any atom is 0.269 e. The molecule has 7 heteroatoms. The summed E-state index contributed by atoms with van der Waals surface area (Å²) in [4.78, 5) is 12.8. The van der Waals surface area contributed by atoms with Gasteiger partial charge in [-0.05, 0) is 62.1 Å². The zero-order chi connectivity index (χ0) is 20.6. The second-order valence-corrected chi connectivity index (χ2v) is 9.90. The Morgan fingerprint density at radius 2 is 1.79 bits per heavy atom. The highest BCUT2D eigenvalue weighted by Crippen LogP contribution is 2.31. The zero-order valence-corrected chi connectivity index (χ0v) is 18.0. The van der Waals surface area contributed by atoms with E-state index in [2.05, 4.69) is 9.82 Å². The zero-order valence-electron chi connectivity index (χ0n) is 17.2. The third-order valence-electron chi connectivity index (χ3n) is 6.24. The number of fused-ring (bicyclic) bond motifs is 1. The minimum atomic E-state index is -3.60. The minimum Gasteiger partial charge on any atom is -0.268 e. The van der Waals surface area contributed by atoms with Crippen LogP contribution in [0.1, 0.15) is 62.1 Å². The lowest BCUT2D eigenvalue weighted by atomic mass is 9.89. The molecule has 0 atom stereocenters. The molecule has 156 valence electrons. The average Bonchev–Trinajstić information content (AvgIpc) is 3.22. The number of hydrogen-bond donors (Lipinski definition) is 1. The Morgan fingerprint density at radius 1 is 1.10 bits per heavy atom. The fourth-order valence-electron chi connectivity index (χ4n) is 4.66. The Kier molecular flexibility index (Phi) is 5.62. The summed E-state index contributed by atoms with van der Waals surface area (Å²) in [7, 11) is -1.94. The van der Waals surface area contributed by atoms with Crippen LogP contribution in [0.3, 0.4) is 0 Å². The van der Waals surface area contributed by atoms with Gasteiger partial charge < -0.3 is 0 Å². The summed E-state index contributed by atoms with van der Waals surface area (Å²) < 4.78 is 30.6. The summed E-state index contributed by atoms with van der Waals surface area (Å²) >= 11 is 0. The van der Waals surface area contributed by atoms with Crippen molar-refractivity contribution < 1.29 is 8.42 Å². The number of aromatic nitrogens is 2. The van der Waals surface area contributed by atoms with Crippen molar-refractivity contribution in [1.29, 1.82) is 0 Å². The van der Waals surface area contributed by atoms with Crippen molar-refractivity contribution in [2.45, 2.75) is 75.6 Å². The van der Waals surface area contributed by atoms with Gasteiger partial charge in [-0.15, -0.1) is 0 Å². The predicted molar refractivity (Wildman–Crippen MR) is 114 cm³/mol. The summed E-state index contributed by atoms with van der Waals surface area (Å²) in [5.74, 6) is 0. The van der Waals surface area contributed by atoms with E-state index in [1.807, 2.05) is 19.1 Å². The SMILES string of the molecule is CCc1ccc(-c2nn(C)c(=O)c3c2CCCC3)cc1S(=O)(=O)NC1CCCC1. The molecule has 1 heterocycles. The molecule has 1 N–H and O–H groups in total. The topological polar surface area (TPSA) is 81.1 Å². The summed E-state index contributed by atoms with van der Waals surface area (Å²) in [6, 6.07) is 5.60. The Morgan fingerprint density at radius 3 is 2.48 bits per heavy atom. The van der Waals surface area contributed by atoms with Crippen LogP contribution in [0.2, 0.25) is 0 Å². The van der Waals surface area contributed by atoms with Gasteiger partial charge in [0, 0.05) is 24.2 Å². The number of nitrogens with zero attached hydrogens (tertiary/aromatic N) is 2. The van der Waals surface area contributed by atoms with Crippen LogP contribution >= 0.6 is 0 Å². The molecule has 29 heavy (non-hydrogen) atoms. The van der Waals surface area contributed by atoms with Gasteiger partial charge in [0.05, 0.1) is 10.6 Å². The number of benzene rings is 1. The van der Waals surface area contributed by atoms with Gasteiger partial charge in [-0.25, -0.2) is 17.8 Å². The van der Waals surface area contributed by atoms with Gasteiger partial charge in [0.2, 0.25) is 10.0 Å². The second-order valence-electron chi connectivity index (χ2n) is 8.22. The van der Waals surface area contributed by atoms with Crippen LogP contribution in [-0.2, 0) is 36.3 Å². The molecule has 2 aliphatic rings. The van der Waals surface area contributed by atoms with Gasteiger partial charge in [0.1, 0.15) is 0 Å². The molecule has 0 saturated heterocycles. The highest BCUT2D eigenvalue weighted by molar-refractivity contribution is 7.89. The first-order chi connectivity index (χ1) is 13.9. The molecule has 2 aliphatic carbocycles. The molecule has 0 radical (unpaired) electrons. The van der Waals surface area contributed by atoms with E-state index in [1.54, 1.807) is 13.1 Å². The molecule has 2 aromatic rings. The molecule has 0 bridgehead atoms. The summed E-state index contributed by atoms with van der Waals surface area (Å²) in [5, 5.41) is 4.53. The third-order valence-corrected chi connectivity index (χ3v) is 7.85. The maximum absolute atomic E-state index is 13.2. The largest absolute Gasteiger partial charge is 0.269 e. The van der Waals surface area contributed by atoms with Crippen molar-refractivity contribution in [3.63, 3.8) is 0 Å². The third kappa shape index (κ3) is 3.90. The standard InChI is InChI=1S/C22H29N3O3S/c1-3-15-12-13-16(14-20(15)29(27,28)24-17-8-4-5-9-17)21-18-10-6-7-11-19(18)22(26)25(2)23-21/h12-14,17,24H,3-11H2,1-2H3. The lowest BCUT2D eigenvalue weighted by Gasteiger charge is -2.20. The van der Waals surface area contributed by atoms with Crippen LogP contribution in [0.5, 0.6) is 0 Å². The minimum absolute atomic E-state index is 0.0248. The van der Waals surface area contributed by atoms with E-state index in [-0.39, 0.29) is 11.6 Å². The quantitative estimate of drug-likeness (QED) is 0.814. The van der Waals surface area contributed by atoms with Crippen LogP contribution in [0, 0.1) is 0 Å². The molecule has 0 unspecified atom stereocenters. The highest BCUT2D eigenvalue weighted by Gasteiger charge is 2.26. The van der Waals surface area contributed by atoms with Gasteiger partial charge in [-0.1, -0.05) is 31.9 Å². The van der Waals surface area contributed by atoms with Crippen molar-refractivity contribution in [3.05, 3.63) is 45.2 Å². The number of aryl methyl sites for hydroxylation is 2. The molecule has 1 aromatic carbocycles. The van der Waals surface area contributed by atoms with Gasteiger partial charge >= 0.3 is 0 Å². The van der Waals surface area contributed by atoms with Gasteiger partial charge in [-0.2, -0.15) is 5.10 Å². The predicted octanol–water partition coefficient (Wildman–Crippen LogP) is 3.11. The second kappa shape index (κ2) is 8.03. The number of rotatable bonds is 5.